The predicted octanol–water partition coefficient (Wildman–Crippen LogP) is 5.61. The van der Waals surface area contributed by atoms with Crippen molar-refractivity contribution in [3.05, 3.63) is 35.1 Å². The van der Waals surface area contributed by atoms with Crippen molar-refractivity contribution in [2.75, 3.05) is 6.54 Å². The minimum absolute atomic E-state index is 0.0532. The lowest BCUT2D eigenvalue weighted by Crippen LogP contribution is -2.60. The van der Waals surface area contributed by atoms with E-state index in [0.717, 1.165) is 44.9 Å². The van der Waals surface area contributed by atoms with Gasteiger partial charge in [-0.25, -0.2) is 14.0 Å². The number of rotatable bonds is 7. The Labute approximate surface area is 254 Å². The molecule has 3 aliphatic rings. The summed E-state index contributed by atoms with van der Waals surface area (Å²) in [5.41, 5.74) is 4.00. The van der Waals surface area contributed by atoms with Crippen LogP contribution < -0.4 is 11.1 Å². The van der Waals surface area contributed by atoms with Gasteiger partial charge in [0.05, 0.1) is 5.56 Å². The van der Waals surface area contributed by atoms with Gasteiger partial charge in [-0.2, -0.15) is 0 Å². The Balaban J connectivity index is 1.58. The van der Waals surface area contributed by atoms with Gasteiger partial charge in [0, 0.05) is 30.3 Å². The molecule has 238 valence electrons. The molecule has 1 aromatic carbocycles. The lowest BCUT2D eigenvalue weighted by molar-refractivity contribution is -0.149. The fourth-order valence-corrected chi connectivity index (χ4v) is 7.96. The number of alkyl carbamates (subject to hydrolysis) is 1. The number of benzene rings is 1. The average molecular weight is 602 g/mol. The first-order valence-electron chi connectivity index (χ1n) is 15.8. The normalized spacial score (nSPS) is 29.1. The van der Waals surface area contributed by atoms with E-state index in [1.54, 1.807) is 17.9 Å². The van der Waals surface area contributed by atoms with E-state index >= 15 is 4.39 Å². The molecule has 3 fully saturated rings. The molecule has 4 N–H and O–H groups in total. The summed E-state index contributed by atoms with van der Waals surface area (Å²) in [5, 5.41) is 12.5. The lowest BCUT2D eigenvalue weighted by atomic mass is 9.66. The minimum atomic E-state index is -1.36. The molecule has 1 aliphatic heterocycles. The zero-order valence-corrected chi connectivity index (χ0v) is 26.2. The molecule has 4 rings (SSSR count). The van der Waals surface area contributed by atoms with Crippen LogP contribution in [0.15, 0.2) is 18.2 Å². The maximum Gasteiger partial charge on any atom is 0.407 e. The maximum atomic E-state index is 15.7. The molecule has 1 aromatic rings. The van der Waals surface area contributed by atoms with Gasteiger partial charge in [-0.3, -0.25) is 9.59 Å². The number of carboxylic acid groups (broad SMARTS) is 1. The highest BCUT2D eigenvalue weighted by molar-refractivity contribution is 5.92. The molecule has 0 radical (unpaired) electrons. The molecule has 43 heavy (non-hydrogen) atoms. The Hall–Kier alpha value is -3.17. The molecular formula is C33H48FN3O6. The molecule has 1 heterocycles. The summed E-state index contributed by atoms with van der Waals surface area (Å²) in [6.45, 7) is 9.22. The number of primary amides is 1. The molecule has 10 heteroatoms. The van der Waals surface area contributed by atoms with Crippen molar-refractivity contribution in [2.45, 2.75) is 116 Å². The third kappa shape index (κ3) is 6.83. The second-order valence-corrected chi connectivity index (χ2v) is 14.1. The average Bonchev–Trinajstić information content (AvgIpc) is 3.26. The standard InChI is InChI=1S/C33H48FN3O6/c1-19(36-31(42)43-32(2,3)4)20-14-16-22(17-15-20)28(38)37-18-25(23-12-9-13-24(27(23)34)29(39)40)26(33(37,5)30(35)41)21-10-7-6-8-11-21/h9,12-13,19-22,25-26H,6-8,10-11,14-18H2,1-5H3,(H2,35,41)(H,36,42)(H,39,40)/t19?,20-,22-,25?,26-,33+/m1/s1. The summed E-state index contributed by atoms with van der Waals surface area (Å²) in [6, 6.07) is 4.22. The van der Waals surface area contributed by atoms with Gasteiger partial charge >= 0.3 is 12.1 Å². The smallest absolute Gasteiger partial charge is 0.407 e. The van der Waals surface area contributed by atoms with Crippen molar-refractivity contribution in [2.24, 2.45) is 29.4 Å². The summed E-state index contributed by atoms with van der Waals surface area (Å²) in [7, 11) is 0. The van der Waals surface area contributed by atoms with E-state index in [9.17, 15) is 24.3 Å². The van der Waals surface area contributed by atoms with Crippen molar-refractivity contribution >= 4 is 23.9 Å². The largest absolute Gasteiger partial charge is 0.478 e. The summed E-state index contributed by atoms with van der Waals surface area (Å²) in [5.74, 6) is -4.03. The quantitative estimate of drug-likeness (QED) is 0.371. The Kier molecular flexibility index (Phi) is 9.76. The monoisotopic (exact) mass is 601 g/mol. The van der Waals surface area contributed by atoms with E-state index in [0.29, 0.717) is 12.8 Å². The van der Waals surface area contributed by atoms with Crippen LogP contribution in [0.2, 0.25) is 0 Å². The number of halogens is 1. The van der Waals surface area contributed by atoms with Crippen LogP contribution in [0.3, 0.4) is 0 Å². The van der Waals surface area contributed by atoms with Crippen LogP contribution in [0.25, 0.3) is 0 Å². The van der Waals surface area contributed by atoms with Crippen molar-refractivity contribution in [3.8, 4) is 0 Å². The molecule has 0 bridgehead atoms. The second-order valence-electron chi connectivity index (χ2n) is 14.1. The van der Waals surface area contributed by atoms with Crippen molar-refractivity contribution < 1.29 is 33.4 Å². The van der Waals surface area contributed by atoms with E-state index in [1.807, 2.05) is 27.7 Å². The van der Waals surface area contributed by atoms with Gasteiger partial charge in [0.1, 0.15) is 17.0 Å². The van der Waals surface area contributed by atoms with Crippen LogP contribution in [0.5, 0.6) is 0 Å². The van der Waals surface area contributed by atoms with Crippen LogP contribution >= 0.6 is 0 Å². The maximum absolute atomic E-state index is 15.7. The molecule has 2 saturated carbocycles. The third-order valence-corrected chi connectivity index (χ3v) is 10.2. The minimum Gasteiger partial charge on any atom is -0.478 e. The third-order valence-electron chi connectivity index (χ3n) is 10.2. The van der Waals surface area contributed by atoms with Gasteiger partial charge in [-0.1, -0.05) is 44.2 Å². The highest BCUT2D eigenvalue weighted by Gasteiger charge is 2.60. The number of nitrogens with two attached hydrogens (primary N) is 1. The Morgan fingerprint density at radius 2 is 1.70 bits per heavy atom. The molecule has 0 spiro atoms. The molecular weight excluding hydrogens is 553 g/mol. The number of likely N-dealkylation sites (tertiary alicyclic amines) is 1. The van der Waals surface area contributed by atoms with Gasteiger partial charge in [-0.15, -0.1) is 0 Å². The van der Waals surface area contributed by atoms with Crippen molar-refractivity contribution in [3.63, 3.8) is 0 Å². The first kappa shape index (κ1) is 32.7. The molecule has 9 nitrogen and oxygen atoms in total. The molecule has 3 amide bonds. The van der Waals surface area contributed by atoms with Crippen molar-refractivity contribution in [1.82, 2.24) is 10.2 Å². The van der Waals surface area contributed by atoms with Crippen LogP contribution in [-0.4, -0.2) is 57.6 Å². The topological polar surface area (TPSA) is 139 Å². The van der Waals surface area contributed by atoms with Gasteiger partial charge in [0.2, 0.25) is 11.8 Å². The Bertz CT molecular complexity index is 1220. The number of carbonyl (C=O) groups excluding carboxylic acids is 3. The number of nitrogens with zero attached hydrogens (tertiary/aromatic N) is 1. The van der Waals surface area contributed by atoms with Gasteiger partial charge in [-0.05, 0) is 83.8 Å². The highest BCUT2D eigenvalue weighted by atomic mass is 19.1. The van der Waals surface area contributed by atoms with E-state index in [4.69, 9.17) is 10.5 Å². The predicted molar refractivity (Wildman–Crippen MR) is 160 cm³/mol. The lowest BCUT2D eigenvalue weighted by Gasteiger charge is -2.43. The number of amides is 3. The number of nitrogens with one attached hydrogen (secondary N) is 1. The zero-order chi connectivity index (χ0) is 31.7. The van der Waals surface area contributed by atoms with Gasteiger partial charge in [0.15, 0.2) is 0 Å². The highest BCUT2D eigenvalue weighted by Crippen LogP contribution is 2.53. The summed E-state index contributed by atoms with van der Waals surface area (Å²) >= 11 is 0. The number of hydrogen-bond acceptors (Lipinski definition) is 5. The molecule has 2 aliphatic carbocycles. The summed E-state index contributed by atoms with van der Waals surface area (Å²) in [4.78, 5) is 53.2. The first-order chi connectivity index (χ1) is 20.1. The number of aromatic carboxylic acids is 1. The fourth-order valence-electron chi connectivity index (χ4n) is 7.96. The first-order valence-corrected chi connectivity index (χ1v) is 15.8. The van der Waals surface area contributed by atoms with E-state index < -0.39 is 52.3 Å². The van der Waals surface area contributed by atoms with Crippen LogP contribution in [0.1, 0.15) is 114 Å². The number of carboxylic acids is 1. The Morgan fingerprint density at radius 1 is 1.07 bits per heavy atom. The zero-order valence-electron chi connectivity index (χ0n) is 26.2. The molecule has 4 atom stereocenters. The van der Waals surface area contributed by atoms with Crippen LogP contribution in [0, 0.1) is 29.5 Å². The van der Waals surface area contributed by atoms with Gasteiger partial charge in [0.25, 0.3) is 0 Å². The Morgan fingerprint density at radius 3 is 2.26 bits per heavy atom. The molecule has 0 aromatic heterocycles. The number of carbonyl (C=O) groups is 4. The molecule has 2 unspecified atom stereocenters. The van der Waals surface area contributed by atoms with Crippen LogP contribution in [0.4, 0.5) is 9.18 Å². The summed E-state index contributed by atoms with van der Waals surface area (Å²) < 4.78 is 21.1. The number of hydrogen-bond donors (Lipinski definition) is 3. The van der Waals surface area contributed by atoms with E-state index in [1.165, 1.54) is 12.1 Å². The SMILES string of the molecule is CC(NC(=O)OC(C)(C)C)[C@H]1CC[C@H](C(=O)N2CC(c3cccc(C(=O)O)c3F)[C@@H](C3CCCCC3)[C@@]2(C)C(N)=O)CC1. The fraction of sp³-hybridized carbons (Fsp3) is 0.697. The van der Waals surface area contributed by atoms with Gasteiger partial charge < -0.3 is 25.8 Å². The number of ether oxygens (including phenoxy) is 1. The second kappa shape index (κ2) is 12.8. The summed E-state index contributed by atoms with van der Waals surface area (Å²) in [6.07, 6.45) is 6.90. The van der Waals surface area contributed by atoms with Crippen LogP contribution in [-0.2, 0) is 14.3 Å². The van der Waals surface area contributed by atoms with Crippen molar-refractivity contribution in [1.29, 1.82) is 0 Å². The van der Waals surface area contributed by atoms with E-state index in [2.05, 4.69) is 5.32 Å². The molecule has 1 saturated heterocycles. The van der Waals surface area contributed by atoms with E-state index in [-0.39, 0.29) is 41.8 Å².